The summed E-state index contributed by atoms with van der Waals surface area (Å²) in [6, 6.07) is 3.88. The molecule has 1 aliphatic carbocycles. The number of fused-ring (bicyclic) bond motifs is 1. The van der Waals surface area contributed by atoms with Gasteiger partial charge in [-0.2, -0.15) is 17.9 Å². The fourth-order valence-electron chi connectivity index (χ4n) is 4.89. The van der Waals surface area contributed by atoms with E-state index >= 15 is 0 Å². The van der Waals surface area contributed by atoms with Crippen molar-refractivity contribution in [2.75, 3.05) is 13.1 Å². The summed E-state index contributed by atoms with van der Waals surface area (Å²) in [7, 11) is 1.92. The molecule has 1 N–H and O–H groups in total. The molecule has 10 heteroatoms. The summed E-state index contributed by atoms with van der Waals surface area (Å²) < 4.78 is 27.5. The summed E-state index contributed by atoms with van der Waals surface area (Å²) in [5.74, 6) is 2.47. The van der Waals surface area contributed by atoms with Crippen LogP contribution in [0.5, 0.6) is 0 Å². The molecule has 2 aromatic heterocycles. The van der Waals surface area contributed by atoms with E-state index in [9.17, 15) is 18.8 Å². The highest BCUT2D eigenvalue weighted by atomic mass is 32.1. The molecule has 2 aliphatic rings. The van der Waals surface area contributed by atoms with Crippen molar-refractivity contribution in [3.8, 4) is 17.9 Å². The molecule has 1 atom stereocenters. The number of pyridine rings is 1. The fraction of sp³-hybridized carbons (Fsp3) is 0.571. The Morgan fingerprint density at radius 3 is 2.55 bits per heavy atom. The Labute approximate surface area is 227 Å². The normalized spacial score (nSPS) is 20.1. The van der Waals surface area contributed by atoms with Gasteiger partial charge in [-0.05, 0) is 38.7 Å². The van der Waals surface area contributed by atoms with Gasteiger partial charge in [-0.25, -0.2) is 13.8 Å². The van der Waals surface area contributed by atoms with Crippen LogP contribution in [-0.4, -0.2) is 55.2 Å². The van der Waals surface area contributed by atoms with Gasteiger partial charge in [0, 0.05) is 74.3 Å². The first-order valence-corrected chi connectivity index (χ1v) is 13.2. The number of alkyl halides is 2. The number of carbonyl (C=O) groups excluding carboxylic acids is 1. The third kappa shape index (κ3) is 7.48. The molecule has 1 saturated carbocycles. The SMILES string of the molecule is CC(=O)O.Cn1c(CCCCCC#CC2CC(F)(F)C2)c(C(=O)N2CCC(C)(S)C2)c2cc(C#N)cnc21. The Kier molecular flexibility index (Phi) is 9.43. The zero-order valence-electron chi connectivity index (χ0n) is 22.1. The number of carbonyl (C=O) groups is 2. The van der Waals surface area contributed by atoms with E-state index in [0.29, 0.717) is 42.7 Å². The third-order valence-electron chi connectivity index (χ3n) is 6.84. The van der Waals surface area contributed by atoms with Gasteiger partial charge in [0.05, 0.1) is 11.1 Å². The van der Waals surface area contributed by atoms with Crippen LogP contribution in [0.4, 0.5) is 8.78 Å². The predicted molar refractivity (Wildman–Crippen MR) is 144 cm³/mol. The summed E-state index contributed by atoms with van der Waals surface area (Å²) in [6.07, 6.45) is 6.27. The minimum atomic E-state index is -2.52. The summed E-state index contributed by atoms with van der Waals surface area (Å²) in [6.45, 7) is 4.37. The Morgan fingerprint density at radius 2 is 1.97 bits per heavy atom. The molecule has 2 fully saturated rings. The number of aromatic nitrogens is 2. The Bertz CT molecular complexity index is 1290. The van der Waals surface area contributed by atoms with Crippen LogP contribution in [0.25, 0.3) is 11.0 Å². The third-order valence-corrected chi connectivity index (χ3v) is 7.21. The van der Waals surface area contributed by atoms with Crippen LogP contribution >= 0.6 is 12.6 Å². The molecule has 1 aliphatic heterocycles. The van der Waals surface area contributed by atoms with Gasteiger partial charge in [0.1, 0.15) is 11.7 Å². The van der Waals surface area contributed by atoms with E-state index in [4.69, 9.17) is 9.90 Å². The predicted octanol–water partition coefficient (Wildman–Crippen LogP) is 5.22. The number of aliphatic carboxylic acids is 1. The van der Waals surface area contributed by atoms with Gasteiger partial charge in [0.25, 0.3) is 17.8 Å². The first-order valence-electron chi connectivity index (χ1n) is 12.8. The van der Waals surface area contributed by atoms with E-state index < -0.39 is 11.9 Å². The zero-order valence-corrected chi connectivity index (χ0v) is 23.0. The number of carboxylic acid groups (broad SMARTS) is 1. The number of carboxylic acids is 1. The number of hydrogen-bond donors (Lipinski definition) is 2. The van der Waals surface area contributed by atoms with Crippen molar-refractivity contribution in [1.82, 2.24) is 14.5 Å². The number of hydrogen-bond acceptors (Lipinski definition) is 5. The van der Waals surface area contributed by atoms with E-state index in [1.54, 1.807) is 6.07 Å². The minimum Gasteiger partial charge on any atom is -0.481 e. The summed E-state index contributed by atoms with van der Waals surface area (Å²) in [5.41, 5.74) is 2.70. The van der Waals surface area contributed by atoms with E-state index in [2.05, 4.69) is 35.5 Å². The van der Waals surface area contributed by atoms with Crippen molar-refractivity contribution in [2.24, 2.45) is 13.0 Å². The molecule has 0 aromatic carbocycles. The number of thiol groups is 1. The molecule has 4 rings (SSSR count). The lowest BCUT2D eigenvalue weighted by Gasteiger charge is -2.31. The number of halogens is 2. The molecular formula is C28H34F2N4O3S. The Balaban J connectivity index is 0.000000934. The van der Waals surface area contributed by atoms with Gasteiger partial charge in [-0.15, -0.1) is 5.92 Å². The molecule has 7 nitrogen and oxygen atoms in total. The monoisotopic (exact) mass is 544 g/mol. The highest BCUT2D eigenvalue weighted by Crippen LogP contribution is 2.41. The maximum absolute atomic E-state index is 13.6. The van der Waals surface area contributed by atoms with Gasteiger partial charge < -0.3 is 14.6 Å². The van der Waals surface area contributed by atoms with E-state index in [1.165, 1.54) is 6.20 Å². The molecule has 1 unspecified atom stereocenters. The summed E-state index contributed by atoms with van der Waals surface area (Å²) in [5, 5.41) is 17.5. The first-order chi connectivity index (χ1) is 17.8. The topological polar surface area (TPSA) is 99.2 Å². The number of nitrogens with zero attached hydrogens (tertiary/aromatic N) is 4. The van der Waals surface area contributed by atoms with Crippen molar-refractivity contribution in [2.45, 2.75) is 75.9 Å². The van der Waals surface area contributed by atoms with Gasteiger partial charge in [-0.3, -0.25) is 9.59 Å². The summed E-state index contributed by atoms with van der Waals surface area (Å²) in [4.78, 5) is 28.9. The van der Waals surface area contributed by atoms with Crippen LogP contribution in [0.3, 0.4) is 0 Å². The number of aryl methyl sites for hydroxylation is 1. The van der Waals surface area contributed by atoms with Crippen molar-refractivity contribution in [1.29, 1.82) is 5.26 Å². The number of unbranched alkanes of at least 4 members (excludes halogenated alkanes) is 3. The lowest BCUT2D eigenvalue weighted by molar-refractivity contribution is -0.134. The van der Waals surface area contributed by atoms with Crippen molar-refractivity contribution in [3.63, 3.8) is 0 Å². The number of likely N-dealkylation sites (tertiary alicyclic amines) is 1. The lowest BCUT2D eigenvalue weighted by Crippen LogP contribution is -2.34. The molecule has 0 radical (unpaired) electrons. The van der Waals surface area contributed by atoms with Gasteiger partial charge in [0.2, 0.25) is 0 Å². The average Bonchev–Trinajstić information content (AvgIpc) is 3.32. The zero-order chi connectivity index (χ0) is 28.1. The van der Waals surface area contributed by atoms with Crippen LogP contribution in [0.2, 0.25) is 0 Å². The van der Waals surface area contributed by atoms with Crippen LogP contribution in [0.1, 0.15) is 80.4 Å². The molecule has 0 spiro atoms. The molecule has 38 heavy (non-hydrogen) atoms. The average molecular weight is 545 g/mol. The van der Waals surface area contributed by atoms with E-state index in [1.807, 2.05) is 23.4 Å². The number of amides is 1. The van der Waals surface area contributed by atoms with Crippen LogP contribution in [0, 0.1) is 29.1 Å². The standard InChI is InChI=1S/C26H30F2N4OS.C2H4O2/c1-25(34)10-11-32(17-25)24(33)22-20-12-19(15-29)16-30-23(20)31(2)21(22)9-7-5-3-4-6-8-18-13-26(27,28)14-18;1-2(3)4/h12,16,18,34H,3-5,7,9-11,13-14,17H2,1-2H3;1H3,(H,3,4). The lowest BCUT2D eigenvalue weighted by atomic mass is 9.82. The molecule has 204 valence electrons. The maximum atomic E-state index is 13.6. The molecular weight excluding hydrogens is 510 g/mol. The van der Waals surface area contributed by atoms with Gasteiger partial charge in [0.15, 0.2) is 0 Å². The number of nitriles is 1. The van der Waals surface area contributed by atoms with Gasteiger partial charge in [-0.1, -0.05) is 12.3 Å². The second-order valence-corrected chi connectivity index (χ2v) is 11.5. The summed E-state index contributed by atoms with van der Waals surface area (Å²) >= 11 is 4.68. The molecule has 1 saturated heterocycles. The Hall–Kier alpha value is -3.11. The van der Waals surface area contributed by atoms with Crippen LogP contribution in [-0.2, 0) is 18.3 Å². The fourth-order valence-corrected chi connectivity index (χ4v) is 5.16. The van der Waals surface area contributed by atoms with Crippen molar-refractivity contribution >= 4 is 35.5 Å². The van der Waals surface area contributed by atoms with Crippen molar-refractivity contribution in [3.05, 3.63) is 29.1 Å². The van der Waals surface area contributed by atoms with Crippen LogP contribution in [0.15, 0.2) is 12.3 Å². The van der Waals surface area contributed by atoms with Crippen molar-refractivity contribution < 1.29 is 23.5 Å². The molecule has 3 heterocycles. The van der Waals surface area contributed by atoms with E-state index in [-0.39, 0.29) is 29.4 Å². The Morgan fingerprint density at radius 1 is 1.29 bits per heavy atom. The second-order valence-electron chi connectivity index (χ2n) is 10.4. The van der Waals surface area contributed by atoms with Gasteiger partial charge >= 0.3 is 0 Å². The van der Waals surface area contributed by atoms with E-state index in [0.717, 1.165) is 43.7 Å². The maximum Gasteiger partial charge on any atom is 0.300 e. The second kappa shape index (κ2) is 12.2. The first kappa shape index (κ1) is 29.4. The molecule has 2 aromatic rings. The molecule has 0 bridgehead atoms. The number of rotatable bonds is 6. The van der Waals surface area contributed by atoms with Crippen LogP contribution < -0.4 is 0 Å². The minimum absolute atomic E-state index is 0.0292. The molecule has 1 amide bonds. The largest absolute Gasteiger partial charge is 0.481 e. The highest BCUT2D eigenvalue weighted by Gasteiger charge is 2.44. The quantitative estimate of drug-likeness (QED) is 0.295. The highest BCUT2D eigenvalue weighted by molar-refractivity contribution is 7.81. The smallest absolute Gasteiger partial charge is 0.300 e.